The van der Waals surface area contributed by atoms with Gasteiger partial charge in [-0.2, -0.15) is 0 Å². The van der Waals surface area contributed by atoms with Crippen LogP contribution in [0.3, 0.4) is 0 Å². The van der Waals surface area contributed by atoms with Crippen molar-refractivity contribution in [1.82, 2.24) is 35.7 Å². The Morgan fingerprint density at radius 3 is 2.25 bits per heavy atom. The van der Waals surface area contributed by atoms with Crippen molar-refractivity contribution in [1.29, 1.82) is 0 Å². The number of amides is 4. The van der Waals surface area contributed by atoms with Gasteiger partial charge in [0.25, 0.3) is 0 Å². The van der Waals surface area contributed by atoms with Gasteiger partial charge in [0.05, 0.1) is 55.6 Å². The molecule has 0 saturated carbocycles. The summed E-state index contributed by atoms with van der Waals surface area (Å²) in [6.07, 6.45) is 3.99. The van der Waals surface area contributed by atoms with Gasteiger partial charge < -0.3 is 44.9 Å². The van der Waals surface area contributed by atoms with Gasteiger partial charge in [0.15, 0.2) is 0 Å². The first-order valence-electron chi connectivity index (χ1n) is 18.0. The number of hydrogen-bond acceptors (Lipinski definition) is 10. The molecule has 15 heteroatoms. The molecule has 4 amide bonds. The van der Waals surface area contributed by atoms with Crippen molar-refractivity contribution in [3.05, 3.63) is 18.2 Å². The fourth-order valence-electron chi connectivity index (χ4n) is 6.73. The summed E-state index contributed by atoms with van der Waals surface area (Å²) < 4.78 is 16.8. The van der Waals surface area contributed by atoms with Crippen molar-refractivity contribution in [3.63, 3.8) is 0 Å². The lowest BCUT2D eigenvalue weighted by atomic mass is 9.89. The van der Waals surface area contributed by atoms with Gasteiger partial charge in [-0.15, -0.1) is 0 Å². The zero-order valence-corrected chi connectivity index (χ0v) is 32.7. The van der Waals surface area contributed by atoms with Gasteiger partial charge in [-0.25, -0.2) is 9.78 Å². The van der Waals surface area contributed by atoms with Crippen LogP contribution in [0, 0.1) is 17.8 Å². The first-order chi connectivity index (χ1) is 24.0. The average molecular weight is 722 g/mol. The Balaban J connectivity index is 2.27. The number of esters is 1. The standard InChI is InChI=1S/C36H63N7O8/c1-13-22(4)30(42(9)33(46)29(21(2)3)41-35(48)36(6,7)37-8)27(49-10)18-28(44)43-16-14-15-26(43)31(50-11)23(5)32(45)40-25(34(47)51-12)17-24-19-38-20-39-24/h19-23,25-27,29-31,37H,13-18H2,1-12H3,(H,38,39)(H,40,45)(H,41,48)/t22-,23+,25-,26-,27?,29-,30-,31?/m0/s1. The minimum absolute atomic E-state index is 0.00325. The maximum Gasteiger partial charge on any atom is 0.328 e. The number of aromatic nitrogens is 2. The molecule has 0 aliphatic carbocycles. The number of imidazole rings is 1. The van der Waals surface area contributed by atoms with Crippen LogP contribution in [0.5, 0.6) is 0 Å². The number of carbonyl (C=O) groups is 5. The van der Waals surface area contributed by atoms with Gasteiger partial charge >= 0.3 is 5.97 Å². The quantitative estimate of drug-likeness (QED) is 0.145. The summed E-state index contributed by atoms with van der Waals surface area (Å²) >= 11 is 0. The van der Waals surface area contributed by atoms with Gasteiger partial charge in [0, 0.05) is 46.1 Å². The van der Waals surface area contributed by atoms with Crippen LogP contribution < -0.4 is 16.0 Å². The molecule has 2 heterocycles. The summed E-state index contributed by atoms with van der Waals surface area (Å²) in [7, 11) is 7.70. The van der Waals surface area contributed by atoms with E-state index in [1.165, 1.54) is 27.7 Å². The zero-order chi connectivity index (χ0) is 38.6. The van der Waals surface area contributed by atoms with E-state index in [1.807, 2.05) is 27.7 Å². The number of nitrogens with zero attached hydrogens (tertiary/aromatic N) is 3. The molecule has 1 aromatic heterocycles. The van der Waals surface area contributed by atoms with Crippen molar-refractivity contribution >= 4 is 29.6 Å². The molecule has 4 N–H and O–H groups in total. The number of rotatable bonds is 20. The minimum atomic E-state index is -0.942. The van der Waals surface area contributed by atoms with Crippen LogP contribution in [-0.2, 0) is 44.6 Å². The summed E-state index contributed by atoms with van der Waals surface area (Å²) in [6.45, 7) is 13.5. The number of likely N-dealkylation sites (tertiary alicyclic amines) is 1. The van der Waals surface area contributed by atoms with Crippen LogP contribution in [0.1, 0.15) is 79.8 Å². The highest BCUT2D eigenvalue weighted by Crippen LogP contribution is 2.29. The topological polar surface area (TPSA) is 184 Å². The number of ether oxygens (including phenoxy) is 3. The van der Waals surface area contributed by atoms with Gasteiger partial charge in [-0.3, -0.25) is 19.2 Å². The van der Waals surface area contributed by atoms with Crippen molar-refractivity contribution in [2.24, 2.45) is 17.8 Å². The number of likely N-dealkylation sites (N-methyl/N-ethyl adjacent to an activating group) is 2. The summed E-state index contributed by atoms with van der Waals surface area (Å²) in [6, 6.07) is -2.60. The van der Waals surface area contributed by atoms with Crippen molar-refractivity contribution < 1.29 is 38.2 Å². The van der Waals surface area contributed by atoms with E-state index in [2.05, 4.69) is 25.9 Å². The Kier molecular flexibility index (Phi) is 17.0. The molecule has 0 radical (unpaired) electrons. The van der Waals surface area contributed by atoms with Crippen LogP contribution in [0.25, 0.3) is 0 Å². The number of nitrogens with one attached hydrogen (secondary N) is 4. The second-order valence-electron chi connectivity index (χ2n) is 14.5. The first-order valence-corrected chi connectivity index (χ1v) is 18.0. The second-order valence-corrected chi connectivity index (χ2v) is 14.5. The van der Waals surface area contributed by atoms with Gasteiger partial charge in [-0.05, 0) is 45.6 Å². The molecule has 15 nitrogen and oxygen atoms in total. The molecule has 1 aliphatic rings. The molecular formula is C36H63N7O8. The lowest BCUT2D eigenvalue weighted by Gasteiger charge is -2.41. The van der Waals surface area contributed by atoms with E-state index in [1.54, 1.807) is 50.9 Å². The predicted molar refractivity (Wildman–Crippen MR) is 192 cm³/mol. The third-order valence-corrected chi connectivity index (χ3v) is 10.5. The molecule has 1 saturated heterocycles. The molecular weight excluding hydrogens is 658 g/mol. The average Bonchev–Trinajstić information content (AvgIpc) is 3.81. The van der Waals surface area contributed by atoms with Crippen LogP contribution in [0.2, 0.25) is 0 Å². The molecule has 2 rings (SSSR count). The number of aromatic amines is 1. The maximum absolute atomic E-state index is 14.1. The highest BCUT2D eigenvalue weighted by Gasteiger charge is 2.43. The number of methoxy groups -OCH3 is 3. The number of hydrogen-bond donors (Lipinski definition) is 4. The smallest absolute Gasteiger partial charge is 0.328 e. The summed E-state index contributed by atoms with van der Waals surface area (Å²) in [5.74, 6) is -2.68. The summed E-state index contributed by atoms with van der Waals surface area (Å²) in [4.78, 5) is 77.6. The molecule has 0 aromatic carbocycles. The molecule has 0 spiro atoms. The van der Waals surface area contributed by atoms with E-state index in [9.17, 15) is 24.0 Å². The molecule has 51 heavy (non-hydrogen) atoms. The molecule has 290 valence electrons. The predicted octanol–water partition coefficient (Wildman–Crippen LogP) is 1.67. The Bertz CT molecular complexity index is 1290. The van der Waals surface area contributed by atoms with E-state index in [4.69, 9.17) is 14.2 Å². The fourth-order valence-corrected chi connectivity index (χ4v) is 6.73. The highest BCUT2D eigenvalue weighted by molar-refractivity contribution is 5.92. The van der Waals surface area contributed by atoms with Crippen molar-refractivity contribution in [2.45, 2.75) is 122 Å². The zero-order valence-electron chi connectivity index (χ0n) is 32.7. The second kappa shape index (κ2) is 19.9. The third-order valence-electron chi connectivity index (χ3n) is 10.5. The molecule has 1 aromatic rings. The monoisotopic (exact) mass is 721 g/mol. The number of H-pyrrole nitrogens is 1. The lowest BCUT2D eigenvalue weighted by molar-refractivity contribution is -0.149. The Hall–Kier alpha value is -3.56. The van der Waals surface area contributed by atoms with E-state index in [-0.39, 0.29) is 42.4 Å². The van der Waals surface area contributed by atoms with Crippen LogP contribution >= 0.6 is 0 Å². The molecule has 1 aliphatic heterocycles. The van der Waals surface area contributed by atoms with E-state index < -0.39 is 59.7 Å². The van der Waals surface area contributed by atoms with Gasteiger partial charge in [0.1, 0.15) is 12.1 Å². The van der Waals surface area contributed by atoms with Gasteiger partial charge in [-0.1, -0.05) is 41.0 Å². The maximum atomic E-state index is 14.1. The lowest BCUT2D eigenvalue weighted by Crippen LogP contribution is -2.61. The molecule has 2 unspecified atom stereocenters. The van der Waals surface area contributed by atoms with Gasteiger partial charge in [0.2, 0.25) is 23.6 Å². The Morgan fingerprint density at radius 2 is 1.75 bits per heavy atom. The van der Waals surface area contributed by atoms with E-state index >= 15 is 0 Å². The highest BCUT2D eigenvalue weighted by atomic mass is 16.5. The molecule has 0 bridgehead atoms. The van der Waals surface area contributed by atoms with E-state index in [0.29, 0.717) is 18.7 Å². The Morgan fingerprint density at radius 1 is 1.08 bits per heavy atom. The van der Waals surface area contributed by atoms with Crippen molar-refractivity contribution in [3.8, 4) is 0 Å². The van der Waals surface area contributed by atoms with Crippen LogP contribution in [-0.4, -0.2) is 133 Å². The normalized spacial score (nSPS) is 19.0. The van der Waals surface area contributed by atoms with Crippen LogP contribution in [0.4, 0.5) is 0 Å². The summed E-state index contributed by atoms with van der Waals surface area (Å²) in [5, 5.41) is 8.71. The minimum Gasteiger partial charge on any atom is -0.467 e. The van der Waals surface area contributed by atoms with Crippen molar-refractivity contribution in [2.75, 3.05) is 42.0 Å². The SMILES string of the molecule is CC[C@H](C)[C@@H](C(CC(=O)N1CCC[C@H]1C(OC)[C@@H](C)C(=O)N[C@@H](Cc1cnc[nH]1)C(=O)OC)OC)N(C)C(=O)[C@@H](NC(=O)C(C)(C)NC)C(C)C. The fraction of sp³-hybridized carbons (Fsp3) is 0.778. The molecule has 8 atom stereocenters. The molecule has 1 fully saturated rings. The largest absolute Gasteiger partial charge is 0.467 e. The van der Waals surface area contributed by atoms with E-state index in [0.717, 1.165) is 12.8 Å². The van der Waals surface area contributed by atoms with Crippen LogP contribution in [0.15, 0.2) is 12.5 Å². The summed E-state index contributed by atoms with van der Waals surface area (Å²) in [5.41, 5.74) is -0.218. The third kappa shape index (κ3) is 11.2. The number of carbonyl (C=O) groups excluding carboxylic acids is 5. The first kappa shape index (κ1) is 43.6. The Labute approximate surface area is 303 Å².